The summed E-state index contributed by atoms with van der Waals surface area (Å²) in [5.74, 6) is -3.58. The average Bonchev–Trinajstić information content (AvgIpc) is 2.66. The second kappa shape index (κ2) is 13.5. The monoisotopic (exact) mass is 396 g/mol. The number of hydrogen-bond acceptors (Lipinski definition) is 6. The van der Waals surface area contributed by atoms with Crippen LogP contribution in [0.1, 0.15) is 31.2 Å². The van der Waals surface area contributed by atoms with E-state index in [2.05, 4.69) is 22.3 Å². The minimum atomic E-state index is -1.82. The zero-order valence-electron chi connectivity index (χ0n) is 15.8. The second-order valence-corrected chi connectivity index (χ2v) is 6.37. The SMILES string of the molecule is O=C(O)C(=O)O.O=C(O)CNCCCOc1cccc(CN2CCCCC2)c1. The van der Waals surface area contributed by atoms with Crippen molar-refractivity contribution in [1.29, 1.82) is 0 Å². The van der Waals surface area contributed by atoms with Crippen molar-refractivity contribution in [2.24, 2.45) is 0 Å². The Morgan fingerprint density at radius 2 is 1.71 bits per heavy atom. The predicted octanol–water partition coefficient (Wildman–Crippen LogP) is 1.27. The number of piperidine rings is 1. The lowest BCUT2D eigenvalue weighted by molar-refractivity contribution is -0.159. The fourth-order valence-corrected chi connectivity index (χ4v) is 2.69. The zero-order chi connectivity index (χ0) is 20.8. The highest BCUT2D eigenvalue weighted by Crippen LogP contribution is 2.17. The van der Waals surface area contributed by atoms with Gasteiger partial charge in [0, 0.05) is 6.54 Å². The molecule has 0 unspecified atom stereocenters. The topological polar surface area (TPSA) is 136 Å². The maximum atomic E-state index is 10.4. The van der Waals surface area contributed by atoms with Gasteiger partial charge in [-0.25, -0.2) is 9.59 Å². The summed E-state index contributed by atoms with van der Waals surface area (Å²) in [6.45, 7) is 4.64. The number of nitrogens with one attached hydrogen (secondary N) is 1. The summed E-state index contributed by atoms with van der Waals surface area (Å²) in [6.07, 6.45) is 4.76. The van der Waals surface area contributed by atoms with Crippen LogP contribution in [0.5, 0.6) is 5.75 Å². The smallest absolute Gasteiger partial charge is 0.414 e. The molecule has 9 heteroatoms. The quantitative estimate of drug-likeness (QED) is 0.359. The Balaban J connectivity index is 0.000000568. The average molecular weight is 396 g/mol. The molecule has 0 aliphatic carbocycles. The molecule has 9 nitrogen and oxygen atoms in total. The van der Waals surface area contributed by atoms with Crippen LogP contribution in [0.2, 0.25) is 0 Å². The van der Waals surface area contributed by atoms with Gasteiger partial charge in [0.05, 0.1) is 13.2 Å². The number of carboxylic acids is 3. The summed E-state index contributed by atoms with van der Waals surface area (Å²) < 4.78 is 5.74. The van der Waals surface area contributed by atoms with Crippen LogP contribution in [0.25, 0.3) is 0 Å². The van der Waals surface area contributed by atoms with Gasteiger partial charge in [0.15, 0.2) is 0 Å². The van der Waals surface area contributed by atoms with E-state index in [1.807, 2.05) is 12.1 Å². The number of rotatable bonds is 9. The van der Waals surface area contributed by atoms with Crippen LogP contribution in [0, 0.1) is 0 Å². The Morgan fingerprint density at radius 1 is 1.04 bits per heavy atom. The number of carbonyl (C=O) groups is 3. The van der Waals surface area contributed by atoms with E-state index in [4.69, 9.17) is 29.6 Å². The van der Waals surface area contributed by atoms with Gasteiger partial charge in [-0.3, -0.25) is 9.69 Å². The van der Waals surface area contributed by atoms with Gasteiger partial charge < -0.3 is 25.4 Å². The van der Waals surface area contributed by atoms with E-state index in [0.717, 1.165) is 18.7 Å². The fourth-order valence-electron chi connectivity index (χ4n) is 2.69. The van der Waals surface area contributed by atoms with Crippen LogP contribution in [0.4, 0.5) is 0 Å². The summed E-state index contributed by atoms with van der Waals surface area (Å²) in [4.78, 5) is 31.1. The normalized spacial score (nSPS) is 13.9. The third-order valence-electron chi connectivity index (χ3n) is 3.98. The lowest BCUT2D eigenvalue weighted by Crippen LogP contribution is -2.29. The van der Waals surface area contributed by atoms with Crippen molar-refractivity contribution in [3.05, 3.63) is 29.8 Å². The Labute approximate surface area is 163 Å². The highest BCUT2D eigenvalue weighted by atomic mass is 16.5. The van der Waals surface area contributed by atoms with Gasteiger partial charge in [-0.1, -0.05) is 18.6 Å². The van der Waals surface area contributed by atoms with Crippen LogP contribution in [-0.4, -0.2) is 70.9 Å². The van der Waals surface area contributed by atoms with Gasteiger partial charge in [-0.2, -0.15) is 0 Å². The first-order valence-electron chi connectivity index (χ1n) is 9.21. The summed E-state index contributed by atoms with van der Waals surface area (Å²) in [7, 11) is 0. The number of nitrogens with zero attached hydrogens (tertiary/aromatic N) is 1. The Kier molecular flexibility index (Phi) is 11.3. The molecule has 4 N–H and O–H groups in total. The van der Waals surface area contributed by atoms with Crippen LogP contribution >= 0.6 is 0 Å². The Hall–Kier alpha value is -2.65. The van der Waals surface area contributed by atoms with Crippen molar-refractivity contribution in [3.63, 3.8) is 0 Å². The summed E-state index contributed by atoms with van der Waals surface area (Å²) >= 11 is 0. The van der Waals surface area contributed by atoms with Gasteiger partial charge in [-0.15, -0.1) is 0 Å². The number of hydrogen-bond donors (Lipinski definition) is 4. The molecule has 2 rings (SSSR count). The van der Waals surface area contributed by atoms with Crippen molar-refractivity contribution in [1.82, 2.24) is 10.2 Å². The van der Waals surface area contributed by atoms with Gasteiger partial charge in [0.25, 0.3) is 0 Å². The van der Waals surface area contributed by atoms with Crippen molar-refractivity contribution in [2.45, 2.75) is 32.2 Å². The lowest BCUT2D eigenvalue weighted by atomic mass is 10.1. The molecule has 0 atom stereocenters. The number of ether oxygens (including phenoxy) is 1. The largest absolute Gasteiger partial charge is 0.494 e. The first-order valence-corrected chi connectivity index (χ1v) is 9.21. The van der Waals surface area contributed by atoms with Crippen LogP contribution in [0.15, 0.2) is 24.3 Å². The van der Waals surface area contributed by atoms with Gasteiger partial charge in [-0.05, 0) is 56.6 Å². The third kappa shape index (κ3) is 11.1. The first kappa shape index (κ1) is 23.4. The molecule has 1 heterocycles. The van der Waals surface area contributed by atoms with E-state index in [1.165, 1.54) is 37.9 Å². The molecule has 0 amide bonds. The Bertz CT molecular complexity index is 618. The molecule has 0 radical (unpaired) electrons. The lowest BCUT2D eigenvalue weighted by Gasteiger charge is -2.26. The molecule has 156 valence electrons. The first-order chi connectivity index (χ1) is 13.4. The summed E-state index contributed by atoms with van der Waals surface area (Å²) in [5.41, 5.74) is 1.29. The third-order valence-corrected chi connectivity index (χ3v) is 3.98. The van der Waals surface area contributed by atoms with Crippen molar-refractivity contribution in [3.8, 4) is 5.75 Å². The molecular weight excluding hydrogens is 368 g/mol. The molecule has 1 saturated heterocycles. The summed E-state index contributed by atoms with van der Waals surface area (Å²) in [6, 6.07) is 8.27. The van der Waals surface area contributed by atoms with E-state index >= 15 is 0 Å². The molecule has 0 saturated carbocycles. The van der Waals surface area contributed by atoms with E-state index < -0.39 is 17.9 Å². The van der Waals surface area contributed by atoms with Crippen molar-refractivity contribution in [2.75, 3.05) is 32.8 Å². The molecule has 0 aromatic heterocycles. The molecular formula is C19H28N2O7. The van der Waals surface area contributed by atoms with Gasteiger partial charge >= 0.3 is 17.9 Å². The number of aliphatic carboxylic acids is 3. The van der Waals surface area contributed by atoms with E-state index in [-0.39, 0.29) is 6.54 Å². The molecule has 1 aromatic rings. The minimum absolute atomic E-state index is 0.00528. The standard InChI is InChI=1S/C17H26N2O3.C2H2O4/c20-17(21)13-18-8-5-11-22-16-7-4-6-15(12-16)14-19-9-2-1-3-10-19;3-1(4)2(5)6/h4,6-7,12,18H,1-3,5,8-11,13-14H2,(H,20,21);(H,3,4)(H,5,6). The summed E-state index contributed by atoms with van der Waals surface area (Å²) in [5, 5.41) is 26.1. The van der Waals surface area contributed by atoms with Crippen LogP contribution < -0.4 is 10.1 Å². The molecule has 1 aromatic carbocycles. The van der Waals surface area contributed by atoms with Crippen molar-refractivity contribution < 1.29 is 34.4 Å². The molecule has 0 spiro atoms. The second-order valence-electron chi connectivity index (χ2n) is 6.37. The maximum absolute atomic E-state index is 10.4. The fraction of sp³-hybridized carbons (Fsp3) is 0.526. The van der Waals surface area contributed by atoms with Gasteiger partial charge in [0.1, 0.15) is 5.75 Å². The number of carboxylic acid groups (broad SMARTS) is 3. The highest BCUT2D eigenvalue weighted by molar-refractivity contribution is 6.27. The minimum Gasteiger partial charge on any atom is -0.494 e. The highest BCUT2D eigenvalue weighted by Gasteiger charge is 2.10. The zero-order valence-corrected chi connectivity index (χ0v) is 15.8. The molecule has 1 fully saturated rings. The molecule has 28 heavy (non-hydrogen) atoms. The Morgan fingerprint density at radius 3 is 2.32 bits per heavy atom. The van der Waals surface area contributed by atoms with Crippen LogP contribution in [0.3, 0.4) is 0 Å². The molecule has 1 aliphatic heterocycles. The molecule has 1 aliphatic rings. The molecule has 0 bridgehead atoms. The number of benzene rings is 1. The maximum Gasteiger partial charge on any atom is 0.414 e. The number of likely N-dealkylation sites (tertiary alicyclic amines) is 1. The van der Waals surface area contributed by atoms with E-state index in [9.17, 15) is 4.79 Å². The van der Waals surface area contributed by atoms with Gasteiger partial charge in [0.2, 0.25) is 0 Å². The van der Waals surface area contributed by atoms with Crippen molar-refractivity contribution >= 4 is 17.9 Å². The van der Waals surface area contributed by atoms with E-state index in [0.29, 0.717) is 13.2 Å². The van der Waals surface area contributed by atoms with Crippen LogP contribution in [-0.2, 0) is 20.9 Å². The van der Waals surface area contributed by atoms with E-state index in [1.54, 1.807) is 0 Å². The predicted molar refractivity (Wildman–Crippen MR) is 101 cm³/mol.